The van der Waals surface area contributed by atoms with Crippen LogP contribution >= 0.6 is 15.9 Å². The molecule has 1 aromatic carbocycles. The summed E-state index contributed by atoms with van der Waals surface area (Å²) < 4.78 is 8.65. The van der Waals surface area contributed by atoms with Crippen LogP contribution in [0.15, 0.2) is 35.4 Å². The number of hydrogen-bond acceptors (Lipinski definition) is 3. The summed E-state index contributed by atoms with van der Waals surface area (Å²) in [6.07, 6.45) is 2.88. The summed E-state index contributed by atoms with van der Waals surface area (Å²) >= 11 is 3.48. The van der Waals surface area contributed by atoms with Gasteiger partial charge in [-0.05, 0) is 32.0 Å². The monoisotopic (exact) mass is 377 g/mol. The fourth-order valence-electron chi connectivity index (χ4n) is 2.44. The number of halogens is 1. The van der Waals surface area contributed by atoms with Crippen molar-refractivity contribution in [2.45, 2.75) is 40.2 Å². The smallest absolute Gasteiger partial charge is 0.129 e. The van der Waals surface area contributed by atoms with E-state index in [0.717, 1.165) is 33.7 Å². The van der Waals surface area contributed by atoms with Gasteiger partial charge in [0.1, 0.15) is 11.6 Å². The van der Waals surface area contributed by atoms with Crippen LogP contribution in [0.5, 0.6) is 5.75 Å². The third-order valence-corrected chi connectivity index (χ3v) is 3.84. The zero-order valence-electron chi connectivity index (χ0n) is 14.2. The molecule has 0 saturated carbocycles. The lowest BCUT2D eigenvalue weighted by Gasteiger charge is -2.12. The van der Waals surface area contributed by atoms with Gasteiger partial charge in [0.15, 0.2) is 0 Å². The van der Waals surface area contributed by atoms with Gasteiger partial charge in [-0.25, -0.2) is 4.68 Å². The van der Waals surface area contributed by atoms with E-state index in [9.17, 15) is 0 Å². The Morgan fingerprint density at radius 3 is 2.83 bits per heavy atom. The van der Waals surface area contributed by atoms with Crippen molar-refractivity contribution < 1.29 is 4.74 Å². The standard InChI is InChI=1S/C16H18BrN3O.C2H6/c1-10(2)18-11(3)20-9-12-6-7-21-15-8-13(17)4-5-14(15)16(12)19-20;1-2/h4-5,8-10,18H,3,6-7H2,1-2H3;1-2H3. The highest BCUT2D eigenvalue weighted by molar-refractivity contribution is 9.10. The van der Waals surface area contributed by atoms with Crippen molar-refractivity contribution in [3.8, 4) is 17.0 Å². The molecule has 4 nitrogen and oxygen atoms in total. The summed E-state index contributed by atoms with van der Waals surface area (Å²) in [5.41, 5.74) is 3.19. The summed E-state index contributed by atoms with van der Waals surface area (Å²) in [7, 11) is 0. The molecule has 1 aromatic heterocycles. The summed E-state index contributed by atoms with van der Waals surface area (Å²) in [6.45, 7) is 12.9. The minimum atomic E-state index is 0.327. The van der Waals surface area contributed by atoms with Crippen molar-refractivity contribution in [1.29, 1.82) is 0 Å². The molecule has 0 saturated heterocycles. The van der Waals surface area contributed by atoms with Gasteiger partial charge in [0, 0.05) is 34.3 Å². The van der Waals surface area contributed by atoms with Gasteiger partial charge in [-0.1, -0.05) is 36.4 Å². The van der Waals surface area contributed by atoms with Crippen molar-refractivity contribution in [3.05, 3.63) is 41.0 Å². The van der Waals surface area contributed by atoms with Crippen LogP contribution < -0.4 is 10.1 Å². The molecule has 1 aliphatic rings. The second-order valence-electron chi connectivity index (χ2n) is 5.43. The van der Waals surface area contributed by atoms with Crippen LogP contribution in [-0.4, -0.2) is 22.4 Å². The molecule has 124 valence electrons. The van der Waals surface area contributed by atoms with Crippen LogP contribution in [0.3, 0.4) is 0 Å². The summed E-state index contributed by atoms with van der Waals surface area (Å²) in [6, 6.07) is 6.37. The van der Waals surface area contributed by atoms with E-state index in [2.05, 4.69) is 41.7 Å². The first-order valence-corrected chi connectivity index (χ1v) is 8.81. The molecular weight excluding hydrogens is 354 g/mol. The third-order valence-electron chi connectivity index (χ3n) is 3.35. The normalized spacial score (nSPS) is 12.3. The SMILES string of the molecule is C=C(NC(C)C)n1cc2c(n1)-c1ccc(Br)cc1OCC2.CC. The number of rotatable bonds is 3. The first-order valence-electron chi connectivity index (χ1n) is 8.01. The second-order valence-corrected chi connectivity index (χ2v) is 6.35. The fourth-order valence-corrected chi connectivity index (χ4v) is 2.78. The quantitative estimate of drug-likeness (QED) is 0.842. The molecule has 1 N–H and O–H groups in total. The number of hydrogen-bond donors (Lipinski definition) is 1. The molecule has 2 heterocycles. The first-order chi connectivity index (χ1) is 11.0. The molecule has 0 spiro atoms. The fraction of sp³-hybridized carbons (Fsp3) is 0.389. The average Bonchev–Trinajstić information content (AvgIpc) is 2.86. The number of fused-ring (bicyclic) bond motifs is 3. The minimum absolute atomic E-state index is 0.327. The maximum absolute atomic E-state index is 5.82. The predicted octanol–water partition coefficient (Wildman–Crippen LogP) is 4.70. The molecule has 0 unspecified atom stereocenters. The maximum Gasteiger partial charge on any atom is 0.129 e. The van der Waals surface area contributed by atoms with E-state index in [4.69, 9.17) is 9.84 Å². The van der Waals surface area contributed by atoms with E-state index >= 15 is 0 Å². The molecule has 23 heavy (non-hydrogen) atoms. The summed E-state index contributed by atoms with van der Waals surface area (Å²) in [5.74, 6) is 1.66. The zero-order valence-corrected chi connectivity index (χ0v) is 15.8. The number of ether oxygens (including phenoxy) is 1. The van der Waals surface area contributed by atoms with E-state index < -0.39 is 0 Å². The lowest BCUT2D eigenvalue weighted by molar-refractivity contribution is 0.326. The highest BCUT2D eigenvalue weighted by Gasteiger charge is 2.20. The van der Waals surface area contributed by atoms with Crippen LogP contribution in [-0.2, 0) is 6.42 Å². The van der Waals surface area contributed by atoms with Crippen LogP contribution in [0.1, 0.15) is 33.3 Å². The van der Waals surface area contributed by atoms with Gasteiger partial charge in [0.2, 0.25) is 0 Å². The van der Waals surface area contributed by atoms with Gasteiger partial charge < -0.3 is 10.1 Å². The minimum Gasteiger partial charge on any atom is -0.492 e. The van der Waals surface area contributed by atoms with Crippen LogP contribution in [0.2, 0.25) is 0 Å². The number of aromatic nitrogens is 2. The second kappa shape index (κ2) is 7.68. The van der Waals surface area contributed by atoms with Crippen molar-refractivity contribution in [2.75, 3.05) is 6.61 Å². The Morgan fingerprint density at radius 1 is 1.39 bits per heavy atom. The van der Waals surface area contributed by atoms with Crippen LogP contribution in [0, 0.1) is 0 Å². The van der Waals surface area contributed by atoms with Gasteiger partial charge in [-0.3, -0.25) is 0 Å². The molecule has 1 aliphatic heterocycles. The van der Waals surface area contributed by atoms with Gasteiger partial charge >= 0.3 is 0 Å². The van der Waals surface area contributed by atoms with E-state index in [1.807, 2.05) is 42.9 Å². The highest BCUT2D eigenvalue weighted by atomic mass is 79.9. The summed E-state index contributed by atoms with van der Waals surface area (Å²) in [5, 5.41) is 7.98. The Kier molecular flexibility index (Phi) is 5.88. The topological polar surface area (TPSA) is 39.1 Å². The molecule has 0 aliphatic carbocycles. The molecule has 0 radical (unpaired) electrons. The Morgan fingerprint density at radius 2 is 2.13 bits per heavy atom. The highest BCUT2D eigenvalue weighted by Crippen LogP contribution is 2.36. The third kappa shape index (κ3) is 3.96. The van der Waals surface area contributed by atoms with E-state index in [1.54, 1.807) is 0 Å². The Bertz CT molecular complexity index is 692. The van der Waals surface area contributed by atoms with Crippen LogP contribution in [0.4, 0.5) is 0 Å². The first kappa shape index (κ1) is 17.6. The lowest BCUT2D eigenvalue weighted by atomic mass is 10.1. The summed E-state index contributed by atoms with van der Waals surface area (Å²) in [4.78, 5) is 0. The van der Waals surface area contributed by atoms with E-state index in [1.165, 1.54) is 5.56 Å². The van der Waals surface area contributed by atoms with Crippen molar-refractivity contribution in [2.24, 2.45) is 0 Å². The molecule has 2 aromatic rings. The number of nitrogens with one attached hydrogen (secondary N) is 1. The van der Waals surface area contributed by atoms with Gasteiger partial charge in [0.25, 0.3) is 0 Å². The number of nitrogens with zero attached hydrogens (tertiary/aromatic N) is 2. The number of benzene rings is 1. The van der Waals surface area contributed by atoms with Crippen molar-refractivity contribution in [3.63, 3.8) is 0 Å². The van der Waals surface area contributed by atoms with E-state index in [0.29, 0.717) is 12.6 Å². The molecular formula is C18H24BrN3O. The average molecular weight is 378 g/mol. The Hall–Kier alpha value is -1.75. The largest absolute Gasteiger partial charge is 0.492 e. The van der Waals surface area contributed by atoms with Gasteiger partial charge in [-0.15, -0.1) is 0 Å². The molecule has 0 fully saturated rings. The molecule has 3 rings (SSSR count). The Balaban J connectivity index is 0.000000924. The molecule has 0 amide bonds. The zero-order chi connectivity index (χ0) is 17.0. The van der Waals surface area contributed by atoms with E-state index in [-0.39, 0.29) is 0 Å². The lowest BCUT2D eigenvalue weighted by Crippen LogP contribution is -2.24. The van der Waals surface area contributed by atoms with Crippen LogP contribution in [0.25, 0.3) is 17.1 Å². The van der Waals surface area contributed by atoms with Crippen molar-refractivity contribution >= 4 is 21.8 Å². The maximum atomic E-state index is 5.82. The Labute approximate surface area is 146 Å². The van der Waals surface area contributed by atoms with Crippen molar-refractivity contribution in [1.82, 2.24) is 15.1 Å². The van der Waals surface area contributed by atoms with Gasteiger partial charge in [0.05, 0.1) is 12.3 Å². The predicted molar refractivity (Wildman–Crippen MR) is 99.5 cm³/mol. The molecule has 0 bridgehead atoms. The molecule has 5 heteroatoms. The van der Waals surface area contributed by atoms with Gasteiger partial charge in [-0.2, -0.15) is 5.10 Å². The molecule has 0 atom stereocenters.